The van der Waals surface area contributed by atoms with Gasteiger partial charge in [-0.25, -0.2) is 12.7 Å². The number of hydrogen-bond donors (Lipinski definition) is 1. The number of carbonyl (C=O) groups excluding carboxylic acids is 1. The number of ether oxygens (including phenoxy) is 1. The number of nitrogens with one attached hydrogen (secondary N) is 1. The van der Waals surface area contributed by atoms with Crippen molar-refractivity contribution in [1.82, 2.24) is 9.62 Å². The van der Waals surface area contributed by atoms with Gasteiger partial charge in [-0.2, -0.15) is 0 Å². The predicted octanol–water partition coefficient (Wildman–Crippen LogP) is 1.64. The van der Waals surface area contributed by atoms with E-state index in [0.29, 0.717) is 43.1 Å². The Labute approximate surface area is 148 Å². The summed E-state index contributed by atoms with van der Waals surface area (Å²) in [5.74, 6) is -0.537. The summed E-state index contributed by atoms with van der Waals surface area (Å²) < 4.78 is 31.6. The fourth-order valence-electron chi connectivity index (χ4n) is 2.76. The molecule has 8 heteroatoms. The van der Waals surface area contributed by atoms with E-state index in [9.17, 15) is 13.2 Å². The Balaban J connectivity index is 1.98. The lowest BCUT2D eigenvalue weighted by Crippen LogP contribution is -2.46. The van der Waals surface area contributed by atoms with E-state index in [4.69, 9.17) is 16.3 Å². The largest absolute Gasteiger partial charge is 0.383 e. The Kier molecular flexibility index (Phi) is 7.03. The van der Waals surface area contributed by atoms with Gasteiger partial charge in [-0.3, -0.25) is 4.79 Å². The first-order chi connectivity index (χ1) is 11.4. The zero-order chi connectivity index (χ0) is 17.6. The van der Waals surface area contributed by atoms with Gasteiger partial charge in [-0.15, -0.1) is 0 Å². The van der Waals surface area contributed by atoms with E-state index in [2.05, 4.69) is 5.32 Å². The molecule has 0 spiro atoms. The number of hydrogen-bond acceptors (Lipinski definition) is 4. The number of piperidine rings is 1. The SMILES string of the molecule is COCCNC(=O)[C@H]1CCCN(S(=O)(=O)Cc2cccc(Cl)c2)C1. The molecule has 0 unspecified atom stereocenters. The maximum Gasteiger partial charge on any atom is 0.224 e. The summed E-state index contributed by atoms with van der Waals surface area (Å²) in [6.45, 7) is 1.54. The minimum absolute atomic E-state index is 0.106. The van der Waals surface area contributed by atoms with E-state index < -0.39 is 10.0 Å². The van der Waals surface area contributed by atoms with Gasteiger partial charge in [0.05, 0.1) is 18.3 Å². The number of benzene rings is 1. The summed E-state index contributed by atoms with van der Waals surface area (Å²) >= 11 is 5.91. The van der Waals surface area contributed by atoms with Gasteiger partial charge in [0.25, 0.3) is 0 Å². The second-order valence-corrected chi connectivity index (χ2v) is 8.27. The Hall–Kier alpha value is -1.15. The normalized spacial score (nSPS) is 19.2. The molecular weight excluding hydrogens is 352 g/mol. The molecule has 0 aromatic heterocycles. The van der Waals surface area contributed by atoms with Crippen LogP contribution in [0.5, 0.6) is 0 Å². The van der Waals surface area contributed by atoms with E-state index in [1.165, 1.54) is 4.31 Å². The lowest BCUT2D eigenvalue weighted by molar-refractivity contribution is -0.126. The minimum Gasteiger partial charge on any atom is -0.383 e. The molecule has 0 bridgehead atoms. The number of methoxy groups -OCH3 is 1. The summed E-state index contributed by atoms with van der Waals surface area (Å²) in [7, 11) is -1.91. The first-order valence-electron chi connectivity index (χ1n) is 7.91. The van der Waals surface area contributed by atoms with Crippen LogP contribution in [0.1, 0.15) is 18.4 Å². The van der Waals surface area contributed by atoms with E-state index in [1.807, 2.05) is 0 Å². The highest BCUT2D eigenvalue weighted by atomic mass is 35.5. The van der Waals surface area contributed by atoms with Crippen molar-refractivity contribution >= 4 is 27.5 Å². The third kappa shape index (κ3) is 5.44. The molecule has 1 amide bonds. The summed E-state index contributed by atoms with van der Waals surface area (Å²) in [5, 5.41) is 3.29. The average Bonchev–Trinajstić information content (AvgIpc) is 2.55. The topological polar surface area (TPSA) is 75.7 Å². The van der Waals surface area contributed by atoms with Crippen LogP contribution < -0.4 is 5.32 Å². The zero-order valence-corrected chi connectivity index (χ0v) is 15.3. The van der Waals surface area contributed by atoms with Crippen molar-refractivity contribution in [2.75, 3.05) is 33.4 Å². The monoisotopic (exact) mass is 374 g/mol. The number of rotatable bonds is 7. The second-order valence-electron chi connectivity index (χ2n) is 5.87. The van der Waals surface area contributed by atoms with Crippen molar-refractivity contribution in [3.8, 4) is 0 Å². The van der Waals surface area contributed by atoms with Gasteiger partial charge < -0.3 is 10.1 Å². The molecular formula is C16H23ClN2O4S. The average molecular weight is 375 g/mol. The maximum absolute atomic E-state index is 12.6. The Morgan fingerprint density at radius 1 is 1.46 bits per heavy atom. The van der Waals surface area contributed by atoms with Crippen molar-refractivity contribution in [2.45, 2.75) is 18.6 Å². The van der Waals surface area contributed by atoms with Gasteiger partial charge in [0.2, 0.25) is 15.9 Å². The molecule has 0 aliphatic carbocycles. The van der Waals surface area contributed by atoms with Gasteiger partial charge in [0, 0.05) is 31.8 Å². The number of carbonyl (C=O) groups is 1. The third-order valence-corrected chi connectivity index (χ3v) is 6.04. The van der Waals surface area contributed by atoms with Crippen LogP contribution in [0.2, 0.25) is 5.02 Å². The second kappa shape index (κ2) is 8.80. The van der Waals surface area contributed by atoms with Crippen LogP contribution in [-0.4, -0.2) is 52.0 Å². The van der Waals surface area contributed by atoms with Crippen molar-refractivity contribution in [1.29, 1.82) is 0 Å². The molecule has 0 radical (unpaired) electrons. The Morgan fingerprint density at radius 3 is 2.96 bits per heavy atom. The summed E-state index contributed by atoms with van der Waals surface area (Å²) in [5.41, 5.74) is 0.647. The molecule has 1 N–H and O–H groups in total. The van der Waals surface area contributed by atoms with Gasteiger partial charge in [0.15, 0.2) is 0 Å². The van der Waals surface area contributed by atoms with Crippen LogP contribution in [0.15, 0.2) is 24.3 Å². The van der Waals surface area contributed by atoms with Crippen LogP contribution in [-0.2, 0) is 25.3 Å². The lowest BCUT2D eigenvalue weighted by atomic mass is 9.99. The molecule has 1 atom stereocenters. The molecule has 1 saturated heterocycles. The highest BCUT2D eigenvalue weighted by Gasteiger charge is 2.32. The zero-order valence-electron chi connectivity index (χ0n) is 13.7. The highest BCUT2D eigenvalue weighted by molar-refractivity contribution is 7.88. The minimum atomic E-state index is -3.47. The summed E-state index contributed by atoms with van der Waals surface area (Å²) in [6.07, 6.45) is 1.37. The van der Waals surface area contributed by atoms with Crippen molar-refractivity contribution in [2.24, 2.45) is 5.92 Å². The van der Waals surface area contributed by atoms with Gasteiger partial charge in [-0.05, 0) is 30.5 Å². The quantitative estimate of drug-likeness (QED) is 0.736. The van der Waals surface area contributed by atoms with Gasteiger partial charge in [-0.1, -0.05) is 23.7 Å². The summed E-state index contributed by atoms with van der Waals surface area (Å²) in [6, 6.07) is 6.83. The van der Waals surface area contributed by atoms with Crippen LogP contribution in [0.4, 0.5) is 0 Å². The Bertz CT molecular complexity index is 666. The van der Waals surface area contributed by atoms with Crippen molar-refractivity contribution < 1.29 is 17.9 Å². The van der Waals surface area contributed by atoms with Crippen molar-refractivity contribution in [3.05, 3.63) is 34.9 Å². The standard InChI is InChI=1S/C16H23ClN2O4S/c1-23-9-7-18-16(20)14-5-3-8-19(11-14)24(21,22)12-13-4-2-6-15(17)10-13/h2,4,6,10,14H,3,5,7-9,11-12H2,1H3,(H,18,20)/t14-/m0/s1. The van der Waals surface area contributed by atoms with Gasteiger partial charge in [0.1, 0.15) is 0 Å². The number of sulfonamides is 1. The van der Waals surface area contributed by atoms with Crippen molar-refractivity contribution in [3.63, 3.8) is 0 Å². The van der Waals surface area contributed by atoms with E-state index in [0.717, 1.165) is 0 Å². The molecule has 6 nitrogen and oxygen atoms in total. The molecule has 1 fully saturated rings. The number of amides is 1. The molecule has 1 aliphatic rings. The van der Waals surface area contributed by atoms with E-state index in [-0.39, 0.29) is 24.1 Å². The number of halogens is 1. The van der Waals surface area contributed by atoms with E-state index >= 15 is 0 Å². The molecule has 2 rings (SSSR count). The molecule has 1 aliphatic heterocycles. The fourth-order valence-corrected chi connectivity index (χ4v) is 4.57. The van der Waals surface area contributed by atoms with E-state index in [1.54, 1.807) is 31.4 Å². The first kappa shape index (κ1) is 19.2. The maximum atomic E-state index is 12.6. The van der Waals surface area contributed by atoms with Crippen LogP contribution in [0, 0.1) is 5.92 Å². The fraction of sp³-hybridized carbons (Fsp3) is 0.562. The molecule has 0 saturated carbocycles. The summed E-state index contributed by atoms with van der Waals surface area (Å²) in [4.78, 5) is 12.1. The van der Waals surface area contributed by atoms with Crippen LogP contribution in [0.25, 0.3) is 0 Å². The number of nitrogens with zero attached hydrogens (tertiary/aromatic N) is 1. The predicted molar refractivity (Wildman–Crippen MR) is 93.3 cm³/mol. The molecule has 1 aromatic rings. The molecule has 24 heavy (non-hydrogen) atoms. The lowest BCUT2D eigenvalue weighted by Gasteiger charge is -2.31. The van der Waals surface area contributed by atoms with Crippen LogP contribution in [0.3, 0.4) is 0 Å². The third-order valence-electron chi connectivity index (χ3n) is 3.99. The highest BCUT2D eigenvalue weighted by Crippen LogP contribution is 2.22. The van der Waals surface area contributed by atoms with Gasteiger partial charge >= 0.3 is 0 Å². The smallest absolute Gasteiger partial charge is 0.224 e. The molecule has 134 valence electrons. The Morgan fingerprint density at radius 2 is 2.25 bits per heavy atom. The molecule has 1 heterocycles. The molecule has 1 aromatic carbocycles. The van der Waals surface area contributed by atoms with Crippen LogP contribution >= 0.6 is 11.6 Å². The first-order valence-corrected chi connectivity index (χ1v) is 9.90.